The summed E-state index contributed by atoms with van der Waals surface area (Å²) in [4.78, 5) is 22.7. The Morgan fingerprint density at radius 2 is 2.32 bits per heavy atom. The molecule has 0 amide bonds. The largest absolute Gasteiger partial charge is 0.478 e. The van der Waals surface area contributed by atoms with E-state index in [9.17, 15) is 4.79 Å². The maximum atomic E-state index is 11.2. The minimum atomic E-state index is -0.990. The van der Waals surface area contributed by atoms with Crippen molar-refractivity contribution in [3.63, 3.8) is 0 Å². The van der Waals surface area contributed by atoms with Crippen molar-refractivity contribution in [3.8, 4) is 11.6 Å². The van der Waals surface area contributed by atoms with Gasteiger partial charge in [0.2, 0.25) is 0 Å². The van der Waals surface area contributed by atoms with Gasteiger partial charge in [0.1, 0.15) is 5.65 Å². The van der Waals surface area contributed by atoms with Gasteiger partial charge in [-0.05, 0) is 18.6 Å². The molecule has 0 unspecified atom stereocenters. The number of hydrogen-bond donors (Lipinski definition) is 2. The summed E-state index contributed by atoms with van der Waals surface area (Å²) in [6.07, 6.45) is 3.60. The summed E-state index contributed by atoms with van der Waals surface area (Å²) in [7, 11) is 0. The molecule has 19 heavy (non-hydrogen) atoms. The predicted molar refractivity (Wildman–Crippen MR) is 67.9 cm³/mol. The molecule has 0 aliphatic rings. The van der Waals surface area contributed by atoms with E-state index in [1.54, 1.807) is 18.4 Å². The van der Waals surface area contributed by atoms with Gasteiger partial charge in [-0.15, -0.1) is 0 Å². The molecule has 0 aliphatic carbocycles. The number of furan rings is 1. The Hall–Kier alpha value is -2.63. The Labute approximate surface area is 108 Å². The fourth-order valence-electron chi connectivity index (χ4n) is 2.05. The van der Waals surface area contributed by atoms with E-state index in [1.807, 2.05) is 6.92 Å². The number of carboxylic acids is 1. The highest BCUT2D eigenvalue weighted by atomic mass is 16.4. The number of H-pyrrole nitrogens is 1. The third kappa shape index (κ3) is 1.77. The van der Waals surface area contributed by atoms with Crippen LogP contribution >= 0.6 is 0 Å². The van der Waals surface area contributed by atoms with E-state index in [4.69, 9.17) is 9.52 Å². The van der Waals surface area contributed by atoms with Gasteiger partial charge < -0.3 is 14.5 Å². The fourth-order valence-corrected chi connectivity index (χ4v) is 2.05. The molecule has 0 aliphatic heterocycles. The number of nitrogens with zero attached hydrogens (tertiary/aromatic N) is 2. The number of carboxylic acid groups (broad SMARTS) is 1. The monoisotopic (exact) mass is 257 g/mol. The van der Waals surface area contributed by atoms with Gasteiger partial charge >= 0.3 is 5.97 Å². The first-order chi connectivity index (χ1) is 9.20. The van der Waals surface area contributed by atoms with Crippen LogP contribution < -0.4 is 0 Å². The van der Waals surface area contributed by atoms with Crippen LogP contribution in [0.4, 0.5) is 0 Å². The van der Waals surface area contributed by atoms with Crippen LogP contribution in [0.1, 0.15) is 23.0 Å². The standard InChI is InChI=1S/C13H11N3O3/c1-2-8-10-7(13(17)18)6-14-12(10)16-11(15-8)9-4-3-5-19-9/h3-6H,2H2,1H3,(H,17,18)(H,14,15,16). The molecule has 0 aromatic carbocycles. The van der Waals surface area contributed by atoms with E-state index in [1.165, 1.54) is 6.20 Å². The summed E-state index contributed by atoms with van der Waals surface area (Å²) in [5.41, 5.74) is 1.39. The smallest absolute Gasteiger partial charge is 0.338 e. The molecule has 2 N–H and O–H groups in total. The van der Waals surface area contributed by atoms with Gasteiger partial charge in [0, 0.05) is 6.20 Å². The van der Waals surface area contributed by atoms with Gasteiger partial charge in [0.05, 0.1) is 22.9 Å². The highest BCUT2D eigenvalue weighted by Crippen LogP contribution is 2.24. The lowest BCUT2D eigenvalue weighted by Gasteiger charge is -2.03. The SMILES string of the molecule is CCc1nc(-c2ccco2)nc2[nH]cc(C(=O)O)c12. The first-order valence-electron chi connectivity index (χ1n) is 5.86. The van der Waals surface area contributed by atoms with E-state index in [0.717, 1.165) is 0 Å². The van der Waals surface area contributed by atoms with Gasteiger partial charge in [-0.2, -0.15) is 0 Å². The lowest BCUT2D eigenvalue weighted by molar-refractivity contribution is 0.0699. The maximum Gasteiger partial charge on any atom is 0.338 e. The summed E-state index contributed by atoms with van der Waals surface area (Å²) in [5.74, 6) is 0.0199. The molecule has 0 radical (unpaired) electrons. The van der Waals surface area contributed by atoms with Crippen LogP contribution in [0.25, 0.3) is 22.6 Å². The normalized spacial score (nSPS) is 11.0. The topological polar surface area (TPSA) is 92.0 Å². The second-order valence-corrected chi connectivity index (χ2v) is 4.06. The zero-order valence-corrected chi connectivity index (χ0v) is 10.2. The molecular formula is C13H11N3O3. The molecule has 0 atom stereocenters. The summed E-state index contributed by atoms with van der Waals surface area (Å²) >= 11 is 0. The lowest BCUT2D eigenvalue weighted by Crippen LogP contribution is -2.00. The molecular weight excluding hydrogens is 246 g/mol. The van der Waals surface area contributed by atoms with E-state index in [0.29, 0.717) is 34.7 Å². The van der Waals surface area contributed by atoms with Crippen molar-refractivity contribution in [2.24, 2.45) is 0 Å². The van der Waals surface area contributed by atoms with Gasteiger partial charge in [-0.3, -0.25) is 0 Å². The van der Waals surface area contributed by atoms with Crippen LogP contribution in [0.5, 0.6) is 0 Å². The third-order valence-corrected chi connectivity index (χ3v) is 2.91. The van der Waals surface area contributed by atoms with Crippen molar-refractivity contribution >= 4 is 17.0 Å². The molecule has 96 valence electrons. The average molecular weight is 257 g/mol. The van der Waals surface area contributed by atoms with Crippen molar-refractivity contribution in [3.05, 3.63) is 35.9 Å². The van der Waals surface area contributed by atoms with Crippen molar-refractivity contribution in [2.75, 3.05) is 0 Å². The molecule has 3 aromatic rings. The second kappa shape index (κ2) is 4.24. The number of aromatic nitrogens is 3. The quantitative estimate of drug-likeness (QED) is 0.752. The lowest BCUT2D eigenvalue weighted by atomic mass is 10.1. The first kappa shape index (κ1) is 11.5. The predicted octanol–water partition coefficient (Wildman–Crippen LogP) is 2.48. The molecule has 0 fully saturated rings. The second-order valence-electron chi connectivity index (χ2n) is 4.06. The summed E-state index contributed by atoms with van der Waals surface area (Å²) in [6, 6.07) is 3.52. The molecule has 3 aromatic heterocycles. The number of carbonyl (C=O) groups is 1. The summed E-state index contributed by atoms with van der Waals surface area (Å²) in [5, 5.41) is 9.71. The molecule has 6 heteroatoms. The summed E-state index contributed by atoms with van der Waals surface area (Å²) in [6.45, 7) is 1.92. The Morgan fingerprint density at radius 3 is 2.95 bits per heavy atom. The van der Waals surface area contributed by atoms with E-state index in [2.05, 4.69) is 15.0 Å². The molecule has 3 rings (SSSR count). The van der Waals surface area contributed by atoms with Gasteiger partial charge in [-0.25, -0.2) is 14.8 Å². The summed E-state index contributed by atoms with van der Waals surface area (Å²) < 4.78 is 5.27. The number of rotatable bonds is 3. The number of hydrogen-bond acceptors (Lipinski definition) is 4. The minimum Gasteiger partial charge on any atom is -0.478 e. The van der Waals surface area contributed by atoms with Crippen LogP contribution in [0.2, 0.25) is 0 Å². The fraction of sp³-hybridized carbons (Fsp3) is 0.154. The van der Waals surface area contributed by atoms with Gasteiger partial charge in [0.25, 0.3) is 0 Å². The highest BCUT2D eigenvalue weighted by molar-refractivity contribution is 6.03. The van der Waals surface area contributed by atoms with Crippen LogP contribution in [-0.4, -0.2) is 26.0 Å². The molecule has 6 nitrogen and oxygen atoms in total. The molecule has 0 bridgehead atoms. The van der Waals surface area contributed by atoms with Gasteiger partial charge in [0.15, 0.2) is 11.6 Å². The van der Waals surface area contributed by atoms with Crippen molar-refractivity contribution in [1.82, 2.24) is 15.0 Å². The molecule has 0 saturated carbocycles. The Morgan fingerprint density at radius 1 is 1.47 bits per heavy atom. The van der Waals surface area contributed by atoms with Crippen LogP contribution in [0.15, 0.2) is 29.0 Å². The number of aryl methyl sites for hydroxylation is 1. The van der Waals surface area contributed by atoms with Crippen molar-refractivity contribution in [1.29, 1.82) is 0 Å². The number of aromatic amines is 1. The maximum absolute atomic E-state index is 11.2. The Balaban J connectivity index is 2.29. The highest BCUT2D eigenvalue weighted by Gasteiger charge is 2.18. The Kier molecular flexibility index (Phi) is 2.56. The van der Waals surface area contributed by atoms with E-state index < -0.39 is 5.97 Å². The molecule has 0 saturated heterocycles. The van der Waals surface area contributed by atoms with E-state index in [-0.39, 0.29) is 5.56 Å². The molecule has 0 spiro atoms. The number of fused-ring (bicyclic) bond motifs is 1. The minimum absolute atomic E-state index is 0.192. The molecule has 3 heterocycles. The first-order valence-corrected chi connectivity index (χ1v) is 5.86. The van der Waals surface area contributed by atoms with Crippen LogP contribution in [0, 0.1) is 0 Å². The Bertz CT molecular complexity index is 744. The number of aromatic carboxylic acids is 1. The van der Waals surface area contributed by atoms with Crippen molar-refractivity contribution in [2.45, 2.75) is 13.3 Å². The van der Waals surface area contributed by atoms with Gasteiger partial charge in [-0.1, -0.05) is 6.92 Å². The van der Waals surface area contributed by atoms with E-state index >= 15 is 0 Å². The zero-order valence-electron chi connectivity index (χ0n) is 10.2. The average Bonchev–Trinajstić information content (AvgIpc) is 3.06. The van der Waals surface area contributed by atoms with Crippen molar-refractivity contribution < 1.29 is 14.3 Å². The number of nitrogens with one attached hydrogen (secondary N) is 1. The van der Waals surface area contributed by atoms with Crippen LogP contribution in [0.3, 0.4) is 0 Å². The third-order valence-electron chi connectivity index (χ3n) is 2.91. The van der Waals surface area contributed by atoms with Crippen LogP contribution in [-0.2, 0) is 6.42 Å². The zero-order chi connectivity index (χ0) is 13.4.